The zero-order valence-corrected chi connectivity index (χ0v) is 12.0. The monoisotopic (exact) mass is 292 g/mol. The molecule has 1 unspecified atom stereocenters. The molecule has 1 aromatic heterocycles. The summed E-state index contributed by atoms with van der Waals surface area (Å²) in [7, 11) is 0. The number of rotatable bonds is 2. The molecule has 2 nitrogen and oxygen atoms in total. The minimum atomic E-state index is 0.229. The lowest BCUT2D eigenvalue weighted by Crippen LogP contribution is -2.22. The van der Waals surface area contributed by atoms with Crippen molar-refractivity contribution in [3.63, 3.8) is 0 Å². The molecule has 1 heterocycles. The van der Waals surface area contributed by atoms with Crippen molar-refractivity contribution >= 4 is 27.0 Å². The highest BCUT2D eigenvalue weighted by atomic mass is 79.9. The number of halogens is 1. The molecule has 0 spiro atoms. The van der Waals surface area contributed by atoms with Gasteiger partial charge in [0.1, 0.15) is 0 Å². The lowest BCUT2D eigenvalue weighted by atomic mass is 9.90. The van der Waals surface area contributed by atoms with Crippen LogP contribution in [0, 0.1) is 5.41 Å². The molecule has 0 aliphatic rings. The number of hydrogen-bond acceptors (Lipinski definition) is 2. The zero-order chi connectivity index (χ0) is 12.5. The van der Waals surface area contributed by atoms with Gasteiger partial charge in [-0.3, -0.25) is 4.98 Å². The third-order valence-corrected chi connectivity index (χ3v) is 4.52. The van der Waals surface area contributed by atoms with E-state index in [1.165, 1.54) is 0 Å². The van der Waals surface area contributed by atoms with E-state index in [1.807, 2.05) is 30.5 Å². The third kappa shape index (κ3) is 3.03. The van der Waals surface area contributed by atoms with Gasteiger partial charge in [0.15, 0.2) is 0 Å². The summed E-state index contributed by atoms with van der Waals surface area (Å²) in [6.45, 7) is 6.67. The smallest absolute Gasteiger partial charge is 0.0890 e. The first kappa shape index (κ1) is 12.5. The normalized spacial score (nSPS) is 13.9. The Balaban J connectivity index is 2.25. The SMILES string of the molecule is CC(C)(C)C(Br)Cc1cnc2ccccc2n1. The second-order valence-electron chi connectivity index (χ2n) is 5.39. The first-order valence-corrected chi connectivity index (χ1v) is 6.73. The van der Waals surface area contributed by atoms with Crippen LogP contribution in [-0.2, 0) is 6.42 Å². The molecule has 0 saturated carbocycles. The highest BCUT2D eigenvalue weighted by Gasteiger charge is 2.22. The van der Waals surface area contributed by atoms with E-state index in [2.05, 4.69) is 46.7 Å². The molecular formula is C14H17BrN2. The van der Waals surface area contributed by atoms with Gasteiger partial charge in [-0.15, -0.1) is 0 Å². The van der Waals surface area contributed by atoms with E-state index in [0.717, 1.165) is 23.1 Å². The predicted molar refractivity (Wildman–Crippen MR) is 75.4 cm³/mol. The molecule has 0 radical (unpaired) electrons. The van der Waals surface area contributed by atoms with Gasteiger partial charge in [0.05, 0.1) is 16.7 Å². The Hall–Kier alpha value is -0.960. The number of aromatic nitrogens is 2. The molecule has 0 fully saturated rings. The molecule has 1 aromatic carbocycles. The molecule has 0 saturated heterocycles. The van der Waals surface area contributed by atoms with Crippen molar-refractivity contribution in [2.75, 3.05) is 0 Å². The summed E-state index contributed by atoms with van der Waals surface area (Å²) in [5.41, 5.74) is 3.20. The molecule has 0 aliphatic heterocycles. The van der Waals surface area contributed by atoms with E-state index >= 15 is 0 Å². The van der Waals surface area contributed by atoms with Gasteiger partial charge in [0.2, 0.25) is 0 Å². The van der Waals surface area contributed by atoms with Gasteiger partial charge in [0, 0.05) is 17.4 Å². The molecule has 0 N–H and O–H groups in total. The van der Waals surface area contributed by atoms with Crippen molar-refractivity contribution in [3.8, 4) is 0 Å². The number of alkyl halides is 1. The van der Waals surface area contributed by atoms with Crippen molar-refractivity contribution in [3.05, 3.63) is 36.2 Å². The molecule has 90 valence electrons. The summed E-state index contributed by atoms with van der Waals surface area (Å²) in [5.74, 6) is 0. The number of fused-ring (bicyclic) bond motifs is 1. The minimum Gasteiger partial charge on any atom is -0.253 e. The fourth-order valence-corrected chi connectivity index (χ4v) is 1.92. The van der Waals surface area contributed by atoms with E-state index in [9.17, 15) is 0 Å². The van der Waals surface area contributed by atoms with Crippen LogP contribution in [0.4, 0.5) is 0 Å². The molecule has 2 aromatic rings. The van der Waals surface area contributed by atoms with Crippen LogP contribution < -0.4 is 0 Å². The molecule has 3 heteroatoms. The average Bonchev–Trinajstić information content (AvgIpc) is 2.27. The van der Waals surface area contributed by atoms with Gasteiger partial charge in [-0.2, -0.15) is 0 Å². The van der Waals surface area contributed by atoms with E-state index in [-0.39, 0.29) is 5.41 Å². The van der Waals surface area contributed by atoms with Crippen LogP contribution in [0.3, 0.4) is 0 Å². The molecule has 0 bridgehead atoms. The van der Waals surface area contributed by atoms with Crippen molar-refractivity contribution in [2.45, 2.75) is 32.0 Å². The van der Waals surface area contributed by atoms with Crippen LogP contribution in [0.15, 0.2) is 30.5 Å². The Kier molecular flexibility index (Phi) is 3.48. The van der Waals surface area contributed by atoms with Crippen molar-refractivity contribution in [1.29, 1.82) is 0 Å². The van der Waals surface area contributed by atoms with E-state index in [0.29, 0.717) is 4.83 Å². The van der Waals surface area contributed by atoms with Gasteiger partial charge in [-0.25, -0.2) is 4.98 Å². The molecule has 0 aliphatic carbocycles. The fourth-order valence-electron chi connectivity index (χ4n) is 1.58. The van der Waals surface area contributed by atoms with E-state index in [4.69, 9.17) is 0 Å². The lowest BCUT2D eigenvalue weighted by molar-refractivity contribution is 0.396. The quantitative estimate of drug-likeness (QED) is 0.783. The largest absolute Gasteiger partial charge is 0.253 e. The lowest BCUT2D eigenvalue weighted by Gasteiger charge is -2.25. The topological polar surface area (TPSA) is 25.8 Å². The van der Waals surface area contributed by atoms with Crippen molar-refractivity contribution < 1.29 is 0 Å². The Morgan fingerprint density at radius 1 is 1.18 bits per heavy atom. The number of para-hydroxylation sites is 2. The zero-order valence-electron chi connectivity index (χ0n) is 10.4. The molecule has 0 amide bonds. The average molecular weight is 293 g/mol. The van der Waals surface area contributed by atoms with Crippen LogP contribution in [0.25, 0.3) is 11.0 Å². The summed E-state index contributed by atoms with van der Waals surface area (Å²) in [6.07, 6.45) is 2.78. The van der Waals surface area contributed by atoms with Crippen LogP contribution in [0.5, 0.6) is 0 Å². The van der Waals surface area contributed by atoms with Crippen molar-refractivity contribution in [2.24, 2.45) is 5.41 Å². The Morgan fingerprint density at radius 2 is 1.82 bits per heavy atom. The summed E-state index contributed by atoms with van der Waals surface area (Å²) in [5, 5.41) is 0. The van der Waals surface area contributed by atoms with Crippen LogP contribution in [-0.4, -0.2) is 14.8 Å². The first-order chi connectivity index (χ1) is 7.97. The third-order valence-electron chi connectivity index (χ3n) is 2.83. The van der Waals surface area contributed by atoms with Crippen molar-refractivity contribution in [1.82, 2.24) is 9.97 Å². The number of hydrogen-bond donors (Lipinski definition) is 0. The second-order valence-corrected chi connectivity index (χ2v) is 6.49. The van der Waals surface area contributed by atoms with Gasteiger partial charge in [-0.05, 0) is 17.5 Å². The maximum Gasteiger partial charge on any atom is 0.0890 e. The fraction of sp³-hybridized carbons (Fsp3) is 0.429. The maximum atomic E-state index is 4.64. The summed E-state index contributed by atoms with van der Waals surface area (Å²) in [6, 6.07) is 7.98. The van der Waals surface area contributed by atoms with E-state index in [1.54, 1.807) is 0 Å². The Morgan fingerprint density at radius 3 is 2.47 bits per heavy atom. The molecule has 2 rings (SSSR count). The van der Waals surface area contributed by atoms with Gasteiger partial charge in [-0.1, -0.05) is 48.8 Å². The predicted octanol–water partition coefficient (Wildman–Crippen LogP) is 3.98. The van der Waals surface area contributed by atoms with Crippen LogP contribution in [0.2, 0.25) is 0 Å². The number of benzene rings is 1. The van der Waals surface area contributed by atoms with Crippen LogP contribution >= 0.6 is 15.9 Å². The number of nitrogens with zero attached hydrogens (tertiary/aromatic N) is 2. The molecule has 1 atom stereocenters. The molecular weight excluding hydrogens is 276 g/mol. The highest BCUT2D eigenvalue weighted by molar-refractivity contribution is 9.09. The molecule has 17 heavy (non-hydrogen) atoms. The highest BCUT2D eigenvalue weighted by Crippen LogP contribution is 2.28. The van der Waals surface area contributed by atoms with E-state index < -0.39 is 0 Å². The van der Waals surface area contributed by atoms with Gasteiger partial charge in [0.25, 0.3) is 0 Å². The first-order valence-electron chi connectivity index (χ1n) is 5.81. The van der Waals surface area contributed by atoms with Gasteiger partial charge < -0.3 is 0 Å². The van der Waals surface area contributed by atoms with Gasteiger partial charge >= 0.3 is 0 Å². The second kappa shape index (κ2) is 4.73. The van der Waals surface area contributed by atoms with Crippen LogP contribution in [0.1, 0.15) is 26.5 Å². The maximum absolute atomic E-state index is 4.64. The minimum absolute atomic E-state index is 0.229. The Bertz CT molecular complexity index is 517. The summed E-state index contributed by atoms with van der Waals surface area (Å²) in [4.78, 5) is 9.48. The summed E-state index contributed by atoms with van der Waals surface area (Å²) >= 11 is 3.73. The standard InChI is InChI=1S/C14H17BrN2/c1-14(2,3)13(15)8-10-9-16-11-6-4-5-7-12(11)17-10/h4-7,9,13H,8H2,1-3H3. The Labute approximate surface area is 111 Å². The summed E-state index contributed by atoms with van der Waals surface area (Å²) < 4.78 is 0.